The molecule has 5 rings (SSSR count). The summed E-state index contributed by atoms with van der Waals surface area (Å²) >= 11 is 9.98. The fraction of sp³-hybridized carbons (Fsp3) is 0.188. The zero-order chi connectivity index (χ0) is 30.7. The number of carbonyl (C=O) groups excluding carboxylic acids is 1. The van der Waals surface area contributed by atoms with Crippen molar-refractivity contribution in [2.24, 2.45) is 4.99 Å². The van der Waals surface area contributed by atoms with Crippen LogP contribution in [-0.4, -0.2) is 24.3 Å². The van der Waals surface area contributed by atoms with Crippen molar-refractivity contribution in [3.8, 4) is 17.6 Å². The second-order valence-corrected chi connectivity index (χ2v) is 12.1. The van der Waals surface area contributed by atoms with Crippen LogP contribution in [0.1, 0.15) is 42.1 Å². The van der Waals surface area contributed by atoms with Gasteiger partial charge in [-0.15, -0.1) is 0 Å². The number of carbonyl (C=O) groups is 1. The fourth-order valence-corrected chi connectivity index (χ4v) is 6.73. The second-order valence-electron chi connectivity index (χ2n) is 9.41. The van der Waals surface area contributed by atoms with Gasteiger partial charge in [-0.3, -0.25) is 9.36 Å². The van der Waals surface area contributed by atoms with Crippen LogP contribution in [-0.2, 0) is 16.1 Å². The Morgan fingerprint density at radius 3 is 2.67 bits per heavy atom. The number of halogens is 2. The van der Waals surface area contributed by atoms with E-state index in [1.807, 2.05) is 24.3 Å². The minimum atomic E-state index is -0.824. The monoisotopic (exact) mass is 725 g/mol. The molecule has 0 spiro atoms. The van der Waals surface area contributed by atoms with Gasteiger partial charge in [-0.25, -0.2) is 9.79 Å². The Balaban J connectivity index is 1.68. The summed E-state index contributed by atoms with van der Waals surface area (Å²) in [5.41, 5.74) is 2.79. The van der Waals surface area contributed by atoms with Crippen LogP contribution >= 0.6 is 45.5 Å². The number of thiazole rings is 1. The van der Waals surface area contributed by atoms with E-state index < -0.39 is 12.0 Å². The zero-order valence-corrected chi connectivity index (χ0v) is 27.1. The van der Waals surface area contributed by atoms with Gasteiger partial charge in [-0.1, -0.05) is 59.3 Å². The summed E-state index contributed by atoms with van der Waals surface area (Å²) < 4.78 is 20.0. The first-order valence-corrected chi connectivity index (χ1v) is 15.5. The molecule has 1 aliphatic rings. The molecule has 0 amide bonds. The molecule has 0 radical (unpaired) electrons. The quantitative estimate of drug-likeness (QED) is 0.175. The van der Waals surface area contributed by atoms with Gasteiger partial charge in [0.25, 0.3) is 5.56 Å². The first-order valence-electron chi connectivity index (χ1n) is 13.2. The summed E-state index contributed by atoms with van der Waals surface area (Å²) in [5, 5.41) is 9.92. The van der Waals surface area contributed by atoms with Gasteiger partial charge in [-0.2, -0.15) is 5.26 Å². The Morgan fingerprint density at radius 2 is 1.95 bits per heavy atom. The van der Waals surface area contributed by atoms with Crippen LogP contribution in [0.25, 0.3) is 6.08 Å². The molecular formula is C32H25ClIN3O5S. The van der Waals surface area contributed by atoms with E-state index >= 15 is 0 Å². The number of hydrogen-bond acceptors (Lipinski definition) is 8. The SMILES string of the molecule is CCOC(=O)C1=C(C)N=c2s/c(=C\c3cc(I)cc(OC)c3OCc3ccccc3C#N)c(=O)n2[C@@H]1c1ccccc1Cl. The minimum absolute atomic E-state index is 0.122. The van der Waals surface area contributed by atoms with Gasteiger partial charge in [0.05, 0.1) is 41.2 Å². The van der Waals surface area contributed by atoms with E-state index in [0.29, 0.717) is 48.2 Å². The van der Waals surface area contributed by atoms with Crippen LogP contribution in [0.15, 0.2) is 81.7 Å². The maximum atomic E-state index is 14.1. The summed E-state index contributed by atoms with van der Waals surface area (Å²) in [4.78, 5) is 32.3. The number of aromatic nitrogens is 1. The van der Waals surface area contributed by atoms with E-state index in [2.05, 4.69) is 33.7 Å². The number of nitrogens with zero attached hydrogens (tertiary/aromatic N) is 3. The van der Waals surface area contributed by atoms with Crippen molar-refractivity contribution in [1.82, 2.24) is 4.57 Å². The molecule has 43 heavy (non-hydrogen) atoms. The first kappa shape index (κ1) is 30.5. The van der Waals surface area contributed by atoms with E-state index in [1.54, 1.807) is 63.4 Å². The van der Waals surface area contributed by atoms with E-state index in [0.717, 1.165) is 9.13 Å². The topological polar surface area (TPSA) is 103 Å². The van der Waals surface area contributed by atoms with Crippen LogP contribution in [0.3, 0.4) is 0 Å². The molecule has 4 aromatic rings. The lowest BCUT2D eigenvalue weighted by atomic mass is 9.96. The van der Waals surface area contributed by atoms with Gasteiger partial charge in [0.15, 0.2) is 16.3 Å². The standard InChI is InChI=1S/C32H25ClIN3O5S/c1-4-41-31(39)27-18(2)36-32-37(28(27)23-11-7-8-12-24(23)33)30(38)26(43-32)14-21-13-22(34)15-25(40-3)29(21)42-17-20-10-6-5-9-19(20)16-35/h5-15,28H,4,17H2,1-3H3/b26-14-/t28-/m1/s1. The molecule has 0 fully saturated rings. The highest BCUT2D eigenvalue weighted by atomic mass is 127. The largest absolute Gasteiger partial charge is 0.493 e. The van der Waals surface area contributed by atoms with Crippen molar-refractivity contribution in [2.45, 2.75) is 26.5 Å². The molecule has 0 saturated heterocycles. The number of nitriles is 1. The highest BCUT2D eigenvalue weighted by Gasteiger charge is 2.34. The molecule has 11 heteroatoms. The number of ether oxygens (including phenoxy) is 3. The lowest BCUT2D eigenvalue weighted by Crippen LogP contribution is -2.40. The number of methoxy groups -OCH3 is 1. The van der Waals surface area contributed by atoms with Crippen LogP contribution in [0, 0.1) is 14.9 Å². The number of rotatable bonds is 8. The van der Waals surface area contributed by atoms with E-state index in [4.69, 9.17) is 25.8 Å². The summed E-state index contributed by atoms with van der Waals surface area (Å²) in [6, 6.07) is 19.4. The molecule has 8 nitrogen and oxygen atoms in total. The first-order chi connectivity index (χ1) is 20.8. The van der Waals surface area contributed by atoms with Crippen molar-refractivity contribution >= 4 is 57.6 Å². The lowest BCUT2D eigenvalue weighted by Gasteiger charge is -2.25. The van der Waals surface area contributed by atoms with Crippen LogP contribution in [0.2, 0.25) is 5.02 Å². The maximum absolute atomic E-state index is 14.1. The molecule has 1 aliphatic heterocycles. The van der Waals surface area contributed by atoms with E-state index in [9.17, 15) is 14.9 Å². The van der Waals surface area contributed by atoms with Gasteiger partial charge in [0.1, 0.15) is 12.6 Å². The Morgan fingerprint density at radius 1 is 1.21 bits per heavy atom. The molecule has 1 aromatic heterocycles. The highest BCUT2D eigenvalue weighted by molar-refractivity contribution is 14.1. The van der Waals surface area contributed by atoms with Gasteiger partial charge in [0.2, 0.25) is 0 Å². The highest BCUT2D eigenvalue weighted by Crippen LogP contribution is 2.36. The third-order valence-corrected chi connectivity index (χ3v) is 8.73. The summed E-state index contributed by atoms with van der Waals surface area (Å²) in [5.74, 6) is 0.348. The normalized spacial score (nSPS) is 14.5. The average Bonchev–Trinajstić information content (AvgIpc) is 3.30. The molecule has 218 valence electrons. The molecule has 0 bridgehead atoms. The number of allylic oxidation sites excluding steroid dienone is 1. The molecular weight excluding hydrogens is 701 g/mol. The number of hydrogen-bond donors (Lipinski definition) is 0. The third-order valence-electron chi connectivity index (χ3n) is 6.78. The van der Waals surface area contributed by atoms with Crippen LogP contribution in [0.5, 0.6) is 11.5 Å². The van der Waals surface area contributed by atoms with Gasteiger partial charge in [0, 0.05) is 19.7 Å². The van der Waals surface area contributed by atoms with E-state index in [-0.39, 0.29) is 24.3 Å². The summed E-state index contributed by atoms with van der Waals surface area (Å²) in [6.45, 7) is 3.74. The molecule has 1 atom stereocenters. The zero-order valence-electron chi connectivity index (χ0n) is 23.4. The second kappa shape index (κ2) is 13.2. The molecule has 3 aromatic carbocycles. The van der Waals surface area contributed by atoms with Crippen molar-refractivity contribution in [3.63, 3.8) is 0 Å². The van der Waals surface area contributed by atoms with Gasteiger partial charge < -0.3 is 14.2 Å². The third kappa shape index (κ3) is 6.11. The van der Waals surface area contributed by atoms with Crippen molar-refractivity contribution < 1.29 is 19.0 Å². The Kier molecular flexibility index (Phi) is 9.34. The van der Waals surface area contributed by atoms with E-state index in [1.165, 1.54) is 15.9 Å². The molecule has 0 aliphatic carbocycles. The van der Waals surface area contributed by atoms with Gasteiger partial charge in [-0.05, 0) is 72.3 Å². The predicted octanol–water partition coefficient (Wildman–Crippen LogP) is 5.52. The Bertz CT molecular complexity index is 1990. The smallest absolute Gasteiger partial charge is 0.338 e. The van der Waals surface area contributed by atoms with Crippen molar-refractivity contribution in [2.75, 3.05) is 13.7 Å². The molecule has 0 unspecified atom stereocenters. The van der Waals surface area contributed by atoms with Crippen LogP contribution in [0.4, 0.5) is 0 Å². The summed E-state index contributed by atoms with van der Waals surface area (Å²) in [6.07, 6.45) is 1.73. The average molecular weight is 726 g/mol. The van der Waals surface area contributed by atoms with Crippen molar-refractivity contribution in [3.05, 3.63) is 122 Å². The predicted molar refractivity (Wildman–Crippen MR) is 173 cm³/mol. The molecule has 0 saturated carbocycles. The number of fused-ring (bicyclic) bond motifs is 1. The molecule has 2 heterocycles. The van der Waals surface area contributed by atoms with Crippen LogP contribution < -0.4 is 24.4 Å². The molecule has 0 N–H and O–H groups in total. The lowest BCUT2D eigenvalue weighted by molar-refractivity contribution is -0.139. The van der Waals surface area contributed by atoms with Crippen molar-refractivity contribution in [1.29, 1.82) is 5.26 Å². The maximum Gasteiger partial charge on any atom is 0.338 e. The summed E-state index contributed by atoms with van der Waals surface area (Å²) in [7, 11) is 1.54. The Hall–Kier alpha value is -3.92. The fourth-order valence-electron chi connectivity index (χ4n) is 4.83. The minimum Gasteiger partial charge on any atom is -0.493 e. The number of benzene rings is 3. The Labute approximate surface area is 270 Å². The van der Waals surface area contributed by atoms with Gasteiger partial charge >= 0.3 is 5.97 Å². The number of esters is 1.